The molecular formula is C26H41N3O9S. The summed E-state index contributed by atoms with van der Waals surface area (Å²) in [5, 5.41) is 5.44. The molecule has 3 amide bonds. The van der Waals surface area contributed by atoms with Crippen LogP contribution in [0.4, 0.5) is 4.79 Å². The van der Waals surface area contributed by atoms with Crippen molar-refractivity contribution in [2.75, 3.05) is 19.4 Å². The van der Waals surface area contributed by atoms with Crippen molar-refractivity contribution in [3.8, 4) is 0 Å². The van der Waals surface area contributed by atoms with Crippen molar-refractivity contribution in [1.29, 1.82) is 0 Å². The highest BCUT2D eigenvalue weighted by Gasteiger charge is 2.62. The monoisotopic (exact) mass is 571 g/mol. The lowest BCUT2D eigenvalue weighted by Gasteiger charge is -2.30. The Bertz CT molecular complexity index is 1080. The van der Waals surface area contributed by atoms with Crippen LogP contribution >= 0.6 is 0 Å². The van der Waals surface area contributed by atoms with E-state index in [4.69, 9.17) is 13.7 Å². The smallest absolute Gasteiger partial charge is 0.408 e. The molecule has 2 heterocycles. The molecule has 12 nitrogen and oxygen atoms in total. The number of rotatable bonds is 5. The summed E-state index contributed by atoms with van der Waals surface area (Å²) in [6.07, 6.45) is 6.66. The Balaban J connectivity index is 1.92. The number of alkyl carbamates (subject to hydrolysis) is 1. The van der Waals surface area contributed by atoms with Gasteiger partial charge in [0.05, 0.1) is 19.0 Å². The van der Waals surface area contributed by atoms with Crippen LogP contribution in [0.15, 0.2) is 12.2 Å². The molecule has 0 radical (unpaired) electrons. The van der Waals surface area contributed by atoms with Crippen LogP contribution in [0.5, 0.6) is 0 Å². The topological polar surface area (TPSA) is 157 Å². The Hall–Kier alpha value is -2.67. The number of hydrogen-bond donors (Lipinski definition) is 2. The molecule has 3 aliphatic rings. The van der Waals surface area contributed by atoms with Gasteiger partial charge in [0.15, 0.2) is 0 Å². The number of ether oxygens (including phenoxy) is 2. The molecule has 1 unspecified atom stereocenters. The van der Waals surface area contributed by atoms with Gasteiger partial charge in [-0.1, -0.05) is 25.0 Å². The number of fused-ring (bicyclic) bond motifs is 2. The fourth-order valence-electron chi connectivity index (χ4n) is 5.07. The van der Waals surface area contributed by atoms with Crippen molar-refractivity contribution in [3.63, 3.8) is 0 Å². The predicted octanol–water partition coefficient (Wildman–Crippen LogP) is 1.78. The molecule has 1 aliphatic carbocycles. The zero-order valence-electron chi connectivity index (χ0n) is 23.4. The van der Waals surface area contributed by atoms with Crippen molar-refractivity contribution in [2.45, 2.75) is 102 Å². The molecule has 0 bridgehead atoms. The van der Waals surface area contributed by atoms with E-state index >= 15 is 0 Å². The number of nitrogens with one attached hydrogen (secondary N) is 2. The summed E-state index contributed by atoms with van der Waals surface area (Å²) in [5.41, 5.74) is -2.03. The lowest BCUT2D eigenvalue weighted by atomic mass is 10.0. The van der Waals surface area contributed by atoms with Gasteiger partial charge in [0.1, 0.15) is 23.2 Å². The number of amides is 3. The first-order valence-corrected chi connectivity index (χ1v) is 15.3. The van der Waals surface area contributed by atoms with Crippen LogP contribution in [0.2, 0.25) is 0 Å². The molecule has 0 spiro atoms. The van der Waals surface area contributed by atoms with Gasteiger partial charge in [-0.15, -0.1) is 0 Å². The molecule has 13 heteroatoms. The lowest BCUT2D eigenvalue weighted by Crippen LogP contribution is -2.56. The SMILES string of the molecule is CCOC(=O)[C@@]12CC1/C=C\CCCCC[C@H](NC(=O)OC(C)(C)C)C(=O)N1C[C@@H](OS(C)(=O)=O)C[C@H]1C(=O)N2. The third-order valence-electron chi connectivity index (χ3n) is 6.88. The van der Waals surface area contributed by atoms with E-state index in [1.165, 1.54) is 4.90 Å². The van der Waals surface area contributed by atoms with Crippen molar-refractivity contribution < 1.29 is 41.3 Å². The molecule has 2 N–H and O–H groups in total. The minimum Gasteiger partial charge on any atom is -0.464 e. The van der Waals surface area contributed by atoms with E-state index in [9.17, 15) is 27.6 Å². The van der Waals surface area contributed by atoms with Crippen molar-refractivity contribution in [3.05, 3.63) is 12.2 Å². The Labute approximate surface area is 230 Å². The highest BCUT2D eigenvalue weighted by atomic mass is 32.2. The van der Waals surface area contributed by atoms with E-state index in [2.05, 4.69) is 10.6 Å². The average molecular weight is 572 g/mol. The van der Waals surface area contributed by atoms with Gasteiger partial charge < -0.3 is 25.0 Å². The third kappa shape index (κ3) is 8.41. The third-order valence-corrected chi connectivity index (χ3v) is 7.50. The van der Waals surface area contributed by atoms with Crippen LogP contribution in [0.25, 0.3) is 0 Å². The molecule has 1 saturated carbocycles. The number of hydrogen-bond acceptors (Lipinski definition) is 9. The van der Waals surface area contributed by atoms with Crippen LogP contribution in [0.1, 0.15) is 72.6 Å². The second-order valence-electron chi connectivity index (χ2n) is 11.4. The summed E-state index contributed by atoms with van der Waals surface area (Å²) in [4.78, 5) is 54.1. The standard InChI is InChI=1S/C26H41N3O9S/c1-6-36-23(32)26-15-17(26)12-10-8-7-9-11-13-19(27-24(33)37-25(2,3)4)22(31)29-16-18(38-39(5,34)35)14-20(29)21(30)28-26/h10,12,17-20H,6-9,11,13-16H2,1-5H3,(H,27,33)(H,28,30)/b12-10-/t17?,18-,19-,20-,26+/m0/s1. The summed E-state index contributed by atoms with van der Waals surface area (Å²) in [6, 6.07) is -2.12. The van der Waals surface area contributed by atoms with Crippen LogP contribution in [-0.2, 0) is 38.2 Å². The number of esters is 1. The van der Waals surface area contributed by atoms with Crippen LogP contribution < -0.4 is 10.6 Å². The van der Waals surface area contributed by atoms with Gasteiger partial charge in [-0.25, -0.2) is 9.59 Å². The van der Waals surface area contributed by atoms with Crippen LogP contribution in [-0.4, -0.2) is 85.9 Å². The summed E-state index contributed by atoms with van der Waals surface area (Å²) in [6.45, 7) is 6.76. The Kier molecular flexibility index (Phi) is 9.69. The predicted molar refractivity (Wildman–Crippen MR) is 141 cm³/mol. The summed E-state index contributed by atoms with van der Waals surface area (Å²) >= 11 is 0. The average Bonchev–Trinajstić information content (AvgIpc) is 3.33. The molecule has 1 saturated heterocycles. The first-order chi connectivity index (χ1) is 18.1. The normalized spacial score (nSPS) is 31.1. The fourth-order valence-corrected chi connectivity index (χ4v) is 5.71. The maximum absolute atomic E-state index is 13.8. The summed E-state index contributed by atoms with van der Waals surface area (Å²) < 4.78 is 39.4. The van der Waals surface area contributed by atoms with Gasteiger partial charge in [0.2, 0.25) is 11.8 Å². The Morgan fingerprint density at radius 2 is 1.92 bits per heavy atom. The molecule has 5 atom stereocenters. The number of carbonyl (C=O) groups is 4. The lowest BCUT2D eigenvalue weighted by molar-refractivity contribution is -0.150. The first-order valence-electron chi connectivity index (χ1n) is 13.5. The Morgan fingerprint density at radius 3 is 2.56 bits per heavy atom. The number of allylic oxidation sites excluding steroid dienone is 1. The molecule has 2 fully saturated rings. The minimum atomic E-state index is -3.87. The quantitative estimate of drug-likeness (QED) is 0.285. The van der Waals surface area contributed by atoms with Crippen molar-refractivity contribution in [1.82, 2.24) is 15.5 Å². The molecule has 0 aromatic carbocycles. The molecular weight excluding hydrogens is 530 g/mol. The van der Waals surface area contributed by atoms with Crippen molar-refractivity contribution in [2.24, 2.45) is 5.92 Å². The Morgan fingerprint density at radius 1 is 1.21 bits per heavy atom. The van der Waals surface area contributed by atoms with Gasteiger partial charge in [-0.3, -0.25) is 13.8 Å². The highest BCUT2D eigenvalue weighted by Crippen LogP contribution is 2.46. The molecule has 2 aliphatic heterocycles. The fraction of sp³-hybridized carbons (Fsp3) is 0.769. The van der Waals surface area contributed by atoms with E-state index < -0.39 is 63.3 Å². The second kappa shape index (κ2) is 12.2. The van der Waals surface area contributed by atoms with E-state index in [1.54, 1.807) is 27.7 Å². The zero-order valence-corrected chi connectivity index (χ0v) is 24.2. The molecule has 39 heavy (non-hydrogen) atoms. The van der Waals surface area contributed by atoms with E-state index in [0.717, 1.165) is 25.5 Å². The second-order valence-corrected chi connectivity index (χ2v) is 13.0. The van der Waals surface area contributed by atoms with Gasteiger partial charge in [-0.05, 0) is 53.4 Å². The van der Waals surface area contributed by atoms with Crippen molar-refractivity contribution >= 4 is 34.0 Å². The van der Waals surface area contributed by atoms with Gasteiger partial charge >= 0.3 is 12.1 Å². The van der Waals surface area contributed by atoms with E-state index in [-0.39, 0.29) is 25.5 Å². The minimum absolute atomic E-state index is 0.0940. The maximum Gasteiger partial charge on any atom is 0.408 e. The summed E-state index contributed by atoms with van der Waals surface area (Å²) in [5.74, 6) is -1.97. The first kappa shape index (κ1) is 30.9. The zero-order chi connectivity index (χ0) is 29.0. The van der Waals surface area contributed by atoms with E-state index in [1.807, 2.05) is 12.2 Å². The largest absolute Gasteiger partial charge is 0.464 e. The van der Waals surface area contributed by atoms with Gasteiger partial charge in [-0.2, -0.15) is 8.42 Å². The van der Waals surface area contributed by atoms with Gasteiger partial charge in [0.25, 0.3) is 10.1 Å². The van der Waals surface area contributed by atoms with E-state index in [0.29, 0.717) is 19.3 Å². The van der Waals surface area contributed by atoms with Crippen LogP contribution in [0.3, 0.4) is 0 Å². The number of carbonyl (C=O) groups excluding carboxylic acids is 4. The van der Waals surface area contributed by atoms with Crippen LogP contribution in [0, 0.1) is 5.92 Å². The van der Waals surface area contributed by atoms with Gasteiger partial charge in [0, 0.05) is 18.9 Å². The molecule has 0 aromatic rings. The molecule has 3 rings (SSSR count). The molecule has 220 valence electrons. The molecule has 0 aromatic heterocycles. The maximum atomic E-state index is 13.8. The highest BCUT2D eigenvalue weighted by molar-refractivity contribution is 7.86. The summed E-state index contributed by atoms with van der Waals surface area (Å²) in [7, 11) is -3.87. The number of nitrogens with zero attached hydrogens (tertiary/aromatic N) is 1.